The molecule has 0 radical (unpaired) electrons. The van der Waals surface area contributed by atoms with E-state index < -0.39 is 30.4 Å². The Morgan fingerprint density at radius 1 is 1.29 bits per heavy atom. The van der Waals surface area contributed by atoms with Crippen molar-refractivity contribution in [3.8, 4) is 0 Å². The van der Waals surface area contributed by atoms with Crippen molar-refractivity contribution in [3.63, 3.8) is 0 Å². The number of hydrogen-bond acceptors (Lipinski definition) is 4. The van der Waals surface area contributed by atoms with E-state index in [4.69, 9.17) is 14.9 Å². The van der Waals surface area contributed by atoms with Crippen molar-refractivity contribution >= 4 is 6.09 Å². The first kappa shape index (κ1) is 20.2. The topological polar surface area (TPSA) is 78.8 Å². The van der Waals surface area contributed by atoms with Gasteiger partial charge in [0.1, 0.15) is 5.60 Å². The zero-order valence-electron chi connectivity index (χ0n) is 14.2. The van der Waals surface area contributed by atoms with Crippen LogP contribution in [0, 0.1) is 5.92 Å². The van der Waals surface area contributed by atoms with Gasteiger partial charge >= 0.3 is 6.09 Å². The molecule has 0 aromatic rings. The predicted molar refractivity (Wildman–Crippen MR) is 84.2 cm³/mol. The molecule has 0 saturated heterocycles. The van der Waals surface area contributed by atoms with Crippen LogP contribution in [0.5, 0.6) is 0 Å². The summed E-state index contributed by atoms with van der Waals surface area (Å²) in [5.41, 5.74) is -0.562. The van der Waals surface area contributed by atoms with Gasteiger partial charge in [0.15, 0.2) is 0 Å². The van der Waals surface area contributed by atoms with Crippen LogP contribution in [0.2, 0.25) is 0 Å². The third-order valence-corrected chi connectivity index (χ3v) is 3.40. The summed E-state index contributed by atoms with van der Waals surface area (Å²) in [6.07, 6.45) is 5.87. The van der Waals surface area contributed by atoms with Gasteiger partial charge in [-0.05, 0) is 33.6 Å². The summed E-state index contributed by atoms with van der Waals surface area (Å²) in [7, 11) is 0. The molecule has 2 atom stereocenters. The Kier molecular flexibility index (Phi) is 9.62. The first-order chi connectivity index (χ1) is 9.65. The SMILES string of the molecule is CC(NC(=O)OC(C)(C)C)[C@H](O)CO.CC1CCCCC1. The fourth-order valence-corrected chi connectivity index (χ4v) is 2.05. The molecule has 0 bridgehead atoms. The fraction of sp³-hybridized carbons (Fsp3) is 0.938. The van der Waals surface area contributed by atoms with Crippen LogP contribution in [-0.2, 0) is 4.74 Å². The second-order valence-electron chi connectivity index (χ2n) is 6.93. The van der Waals surface area contributed by atoms with E-state index in [-0.39, 0.29) is 0 Å². The van der Waals surface area contributed by atoms with Gasteiger partial charge in [-0.1, -0.05) is 39.0 Å². The lowest BCUT2D eigenvalue weighted by atomic mass is 9.91. The molecule has 1 aliphatic rings. The lowest BCUT2D eigenvalue weighted by Crippen LogP contribution is -2.44. The molecule has 1 unspecified atom stereocenters. The Balaban J connectivity index is 0.000000471. The van der Waals surface area contributed by atoms with Gasteiger partial charge in [0.25, 0.3) is 0 Å². The van der Waals surface area contributed by atoms with Crippen LogP contribution in [0.3, 0.4) is 0 Å². The molecule has 1 rings (SSSR count). The van der Waals surface area contributed by atoms with Gasteiger partial charge in [-0.15, -0.1) is 0 Å². The molecule has 0 spiro atoms. The molecule has 1 fully saturated rings. The van der Waals surface area contributed by atoms with E-state index in [2.05, 4.69) is 12.2 Å². The van der Waals surface area contributed by atoms with Crippen molar-refractivity contribution in [1.29, 1.82) is 0 Å². The minimum Gasteiger partial charge on any atom is -0.444 e. The molecular formula is C16H33NO4. The van der Waals surface area contributed by atoms with Gasteiger partial charge in [0.2, 0.25) is 0 Å². The highest BCUT2D eigenvalue weighted by Crippen LogP contribution is 2.22. The molecule has 1 saturated carbocycles. The molecule has 1 amide bonds. The fourth-order valence-electron chi connectivity index (χ4n) is 2.05. The second kappa shape index (κ2) is 10.0. The van der Waals surface area contributed by atoms with Crippen LogP contribution in [0.25, 0.3) is 0 Å². The summed E-state index contributed by atoms with van der Waals surface area (Å²) < 4.78 is 4.96. The second-order valence-corrected chi connectivity index (χ2v) is 6.93. The Labute approximate surface area is 129 Å². The van der Waals surface area contributed by atoms with E-state index in [1.54, 1.807) is 27.7 Å². The molecule has 126 valence electrons. The van der Waals surface area contributed by atoms with Crippen LogP contribution >= 0.6 is 0 Å². The van der Waals surface area contributed by atoms with Crippen LogP contribution in [-0.4, -0.2) is 40.7 Å². The van der Waals surface area contributed by atoms with Crippen molar-refractivity contribution in [2.24, 2.45) is 5.92 Å². The molecule has 5 nitrogen and oxygen atoms in total. The Morgan fingerprint density at radius 3 is 2.14 bits per heavy atom. The first-order valence-electron chi connectivity index (χ1n) is 7.94. The number of aliphatic hydroxyl groups excluding tert-OH is 2. The lowest BCUT2D eigenvalue weighted by molar-refractivity contribution is 0.0346. The smallest absolute Gasteiger partial charge is 0.407 e. The highest BCUT2D eigenvalue weighted by molar-refractivity contribution is 5.68. The molecule has 0 aromatic heterocycles. The summed E-state index contributed by atoms with van der Waals surface area (Å²) in [4.78, 5) is 11.2. The van der Waals surface area contributed by atoms with Crippen LogP contribution in [0.4, 0.5) is 4.79 Å². The molecule has 0 aliphatic heterocycles. The van der Waals surface area contributed by atoms with E-state index in [0.717, 1.165) is 5.92 Å². The van der Waals surface area contributed by atoms with E-state index >= 15 is 0 Å². The van der Waals surface area contributed by atoms with E-state index in [1.807, 2.05) is 0 Å². The van der Waals surface area contributed by atoms with Gasteiger partial charge in [-0.2, -0.15) is 0 Å². The third-order valence-electron chi connectivity index (χ3n) is 3.40. The number of hydrogen-bond donors (Lipinski definition) is 3. The van der Waals surface area contributed by atoms with Gasteiger partial charge in [-0.3, -0.25) is 0 Å². The monoisotopic (exact) mass is 303 g/mol. The summed E-state index contributed by atoms with van der Waals surface area (Å²) in [6.45, 7) is 8.81. The van der Waals surface area contributed by atoms with Crippen molar-refractivity contribution in [3.05, 3.63) is 0 Å². The molecule has 1 aliphatic carbocycles. The minimum absolute atomic E-state index is 0.392. The maximum absolute atomic E-state index is 11.2. The number of aliphatic hydroxyl groups is 2. The number of carbonyl (C=O) groups is 1. The van der Waals surface area contributed by atoms with Gasteiger partial charge in [0.05, 0.1) is 18.8 Å². The zero-order chi connectivity index (χ0) is 16.5. The number of carbonyl (C=O) groups excluding carboxylic acids is 1. The van der Waals surface area contributed by atoms with E-state index in [0.29, 0.717) is 0 Å². The Hall–Kier alpha value is -0.810. The van der Waals surface area contributed by atoms with Crippen LogP contribution in [0.1, 0.15) is 66.7 Å². The lowest BCUT2D eigenvalue weighted by Gasteiger charge is -2.23. The van der Waals surface area contributed by atoms with Crippen molar-refractivity contribution in [2.75, 3.05) is 6.61 Å². The normalized spacial score (nSPS) is 19.0. The standard InChI is InChI=1S/C9H19NO4.C7H14/c1-6(7(12)5-11)10-8(13)14-9(2,3)4;1-7-5-3-2-4-6-7/h6-7,11-12H,5H2,1-4H3,(H,10,13);7H,2-6H2,1H3/t6?,7-;/m1./s1. The summed E-state index contributed by atoms with van der Waals surface area (Å²) in [5, 5.41) is 20.2. The minimum atomic E-state index is -0.970. The van der Waals surface area contributed by atoms with Crippen LogP contribution < -0.4 is 5.32 Å². The van der Waals surface area contributed by atoms with Gasteiger partial charge in [-0.25, -0.2) is 4.79 Å². The maximum Gasteiger partial charge on any atom is 0.407 e. The number of ether oxygens (including phenoxy) is 1. The average molecular weight is 303 g/mol. The van der Waals surface area contributed by atoms with Gasteiger partial charge in [0, 0.05) is 0 Å². The predicted octanol–water partition coefficient (Wildman–Crippen LogP) is 2.84. The Morgan fingerprint density at radius 2 is 1.81 bits per heavy atom. The number of alkyl carbamates (subject to hydrolysis) is 1. The van der Waals surface area contributed by atoms with Crippen molar-refractivity contribution in [1.82, 2.24) is 5.32 Å². The third kappa shape index (κ3) is 11.5. The molecular weight excluding hydrogens is 270 g/mol. The quantitative estimate of drug-likeness (QED) is 0.749. The van der Waals surface area contributed by atoms with Crippen molar-refractivity contribution < 1.29 is 19.7 Å². The number of rotatable bonds is 3. The Bertz CT molecular complexity index is 282. The molecule has 3 N–H and O–H groups in total. The summed E-state index contributed by atoms with van der Waals surface area (Å²) in [5.74, 6) is 1.04. The highest BCUT2D eigenvalue weighted by Gasteiger charge is 2.20. The molecule has 21 heavy (non-hydrogen) atoms. The van der Waals surface area contributed by atoms with E-state index in [9.17, 15) is 4.79 Å². The molecule has 5 heteroatoms. The zero-order valence-corrected chi connectivity index (χ0v) is 14.2. The number of amides is 1. The molecule has 0 heterocycles. The maximum atomic E-state index is 11.2. The summed E-state index contributed by atoms with van der Waals surface area (Å²) in [6, 6.07) is -0.533. The largest absolute Gasteiger partial charge is 0.444 e. The molecule has 0 aromatic carbocycles. The first-order valence-corrected chi connectivity index (χ1v) is 7.94. The van der Waals surface area contributed by atoms with E-state index in [1.165, 1.54) is 32.1 Å². The van der Waals surface area contributed by atoms with Crippen LogP contribution in [0.15, 0.2) is 0 Å². The summed E-state index contributed by atoms with van der Waals surface area (Å²) >= 11 is 0. The number of nitrogens with one attached hydrogen (secondary N) is 1. The highest BCUT2D eigenvalue weighted by atomic mass is 16.6. The van der Waals surface area contributed by atoms with Gasteiger partial charge < -0.3 is 20.3 Å². The average Bonchev–Trinajstić information content (AvgIpc) is 2.37. The van der Waals surface area contributed by atoms with Crippen molar-refractivity contribution in [2.45, 2.75) is 84.5 Å².